The van der Waals surface area contributed by atoms with E-state index in [2.05, 4.69) is 15.3 Å². The number of nitrogens with zero attached hydrogens (tertiary/aromatic N) is 4. The van der Waals surface area contributed by atoms with Gasteiger partial charge in [0.15, 0.2) is 5.82 Å². The molecule has 2 rings (SSSR count). The molecule has 0 aliphatic carbocycles. The molecule has 0 spiro atoms. The lowest BCUT2D eigenvalue weighted by atomic mass is 10.4. The molecule has 0 saturated heterocycles. The van der Waals surface area contributed by atoms with Gasteiger partial charge in [-0.3, -0.25) is 4.79 Å². The van der Waals surface area contributed by atoms with E-state index in [1.165, 1.54) is 32.7 Å². The summed E-state index contributed by atoms with van der Waals surface area (Å²) in [6.07, 6.45) is 2.86. The first-order valence-electron chi connectivity index (χ1n) is 4.75. The van der Waals surface area contributed by atoms with E-state index in [4.69, 9.17) is 9.47 Å². The first-order chi connectivity index (χ1) is 8.24. The molecule has 2 aromatic heterocycles. The Balaban J connectivity index is 2.49. The summed E-state index contributed by atoms with van der Waals surface area (Å²) in [4.78, 5) is 11.7. The van der Waals surface area contributed by atoms with Gasteiger partial charge in [0.05, 0.1) is 26.6 Å². The quantitative estimate of drug-likeness (QED) is 0.746. The molecule has 2 aromatic rings. The third-order valence-electron chi connectivity index (χ3n) is 2.08. The van der Waals surface area contributed by atoms with E-state index >= 15 is 0 Å². The fraction of sp³-hybridized carbons (Fsp3) is 0.200. The summed E-state index contributed by atoms with van der Waals surface area (Å²) < 4.78 is 11.0. The average molecular weight is 234 g/mol. The van der Waals surface area contributed by atoms with Crippen LogP contribution in [0.4, 0.5) is 0 Å². The van der Waals surface area contributed by atoms with Crippen LogP contribution < -0.4 is 15.0 Å². The van der Waals surface area contributed by atoms with E-state index in [-0.39, 0.29) is 11.4 Å². The number of methoxy groups -OCH3 is 2. The van der Waals surface area contributed by atoms with Crippen LogP contribution in [0.5, 0.6) is 11.5 Å². The first-order valence-corrected chi connectivity index (χ1v) is 4.75. The van der Waals surface area contributed by atoms with Crippen LogP contribution in [0.15, 0.2) is 29.3 Å². The maximum Gasteiger partial charge on any atom is 0.276 e. The van der Waals surface area contributed by atoms with Crippen LogP contribution in [-0.4, -0.2) is 34.2 Å². The van der Waals surface area contributed by atoms with E-state index < -0.39 is 0 Å². The van der Waals surface area contributed by atoms with Crippen molar-refractivity contribution in [1.29, 1.82) is 0 Å². The molecule has 0 saturated carbocycles. The van der Waals surface area contributed by atoms with Gasteiger partial charge in [0, 0.05) is 12.1 Å². The minimum Gasteiger partial charge on any atom is -0.495 e. The highest BCUT2D eigenvalue weighted by Crippen LogP contribution is 2.10. The molecule has 2 heterocycles. The van der Waals surface area contributed by atoms with Crippen molar-refractivity contribution >= 4 is 0 Å². The molecule has 0 unspecified atom stereocenters. The van der Waals surface area contributed by atoms with E-state index in [1.54, 1.807) is 6.07 Å². The van der Waals surface area contributed by atoms with E-state index in [0.717, 1.165) is 4.68 Å². The summed E-state index contributed by atoms with van der Waals surface area (Å²) >= 11 is 0. The summed E-state index contributed by atoms with van der Waals surface area (Å²) in [5, 5.41) is 11.4. The molecule has 7 nitrogen and oxygen atoms in total. The van der Waals surface area contributed by atoms with Crippen LogP contribution >= 0.6 is 0 Å². The van der Waals surface area contributed by atoms with Gasteiger partial charge in [-0.25, -0.2) is 0 Å². The lowest BCUT2D eigenvalue weighted by molar-refractivity contribution is 0.407. The van der Waals surface area contributed by atoms with Crippen LogP contribution in [0, 0.1) is 0 Å². The summed E-state index contributed by atoms with van der Waals surface area (Å²) in [5.74, 6) is 1.18. The largest absolute Gasteiger partial charge is 0.495 e. The third-order valence-corrected chi connectivity index (χ3v) is 2.08. The van der Waals surface area contributed by atoms with Gasteiger partial charge in [-0.15, -0.1) is 5.10 Å². The summed E-state index contributed by atoms with van der Waals surface area (Å²) in [5.41, 5.74) is -0.355. The van der Waals surface area contributed by atoms with Crippen molar-refractivity contribution in [3.63, 3.8) is 0 Å². The number of ether oxygens (including phenoxy) is 2. The smallest absolute Gasteiger partial charge is 0.276 e. The minimum absolute atomic E-state index is 0.289. The van der Waals surface area contributed by atoms with Gasteiger partial charge >= 0.3 is 0 Å². The molecule has 88 valence electrons. The van der Waals surface area contributed by atoms with E-state index in [0.29, 0.717) is 11.5 Å². The third kappa shape index (κ3) is 2.22. The monoisotopic (exact) mass is 234 g/mol. The van der Waals surface area contributed by atoms with Gasteiger partial charge in [-0.2, -0.15) is 14.9 Å². The Morgan fingerprint density at radius 1 is 1.12 bits per heavy atom. The van der Waals surface area contributed by atoms with Crippen molar-refractivity contribution in [2.75, 3.05) is 14.2 Å². The number of rotatable bonds is 3. The van der Waals surface area contributed by atoms with Gasteiger partial charge in [0.2, 0.25) is 0 Å². The Kier molecular flexibility index (Phi) is 2.99. The molecule has 17 heavy (non-hydrogen) atoms. The Morgan fingerprint density at radius 2 is 1.82 bits per heavy atom. The predicted octanol–water partition coefficient (Wildman–Crippen LogP) is 0.0397. The summed E-state index contributed by atoms with van der Waals surface area (Å²) in [6.45, 7) is 0. The molecule has 0 aliphatic rings. The normalized spacial score (nSPS) is 10.0. The highest BCUT2D eigenvalue weighted by atomic mass is 16.5. The molecule has 0 bridgehead atoms. The van der Waals surface area contributed by atoms with Crippen molar-refractivity contribution in [3.05, 3.63) is 34.9 Å². The molecule has 0 aliphatic heterocycles. The zero-order chi connectivity index (χ0) is 12.3. The highest BCUT2D eigenvalue weighted by molar-refractivity contribution is 5.29. The molecule has 0 atom stereocenters. The van der Waals surface area contributed by atoms with Gasteiger partial charge < -0.3 is 9.47 Å². The fourth-order valence-corrected chi connectivity index (χ4v) is 1.23. The SMILES string of the molecule is COc1cnnc(-n2ncc(OC)cc2=O)c1. The van der Waals surface area contributed by atoms with Crippen LogP contribution in [0.1, 0.15) is 0 Å². The molecule has 0 N–H and O–H groups in total. The Hall–Kier alpha value is -2.44. The van der Waals surface area contributed by atoms with Crippen molar-refractivity contribution in [2.45, 2.75) is 0 Å². The highest BCUT2D eigenvalue weighted by Gasteiger charge is 2.06. The van der Waals surface area contributed by atoms with Gasteiger partial charge in [-0.05, 0) is 0 Å². The fourth-order valence-electron chi connectivity index (χ4n) is 1.23. The molecule has 0 fully saturated rings. The second-order valence-corrected chi connectivity index (χ2v) is 3.10. The van der Waals surface area contributed by atoms with E-state index in [9.17, 15) is 4.79 Å². The van der Waals surface area contributed by atoms with Crippen molar-refractivity contribution in [1.82, 2.24) is 20.0 Å². The Bertz CT molecular complexity index is 582. The van der Waals surface area contributed by atoms with Crippen LogP contribution in [0.25, 0.3) is 5.82 Å². The lowest BCUT2D eigenvalue weighted by Gasteiger charge is -2.04. The predicted molar refractivity (Wildman–Crippen MR) is 58.5 cm³/mol. The topological polar surface area (TPSA) is 79.1 Å². The Morgan fingerprint density at radius 3 is 2.47 bits per heavy atom. The minimum atomic E-state index is -0.355. The van der Waals surface area contributed by atoms with Crippen molar-refractivity contribution in [3.8, 4) is 17.3 Å². The average Bonchev–Trinajstić information content (AvgIpc) is 2.38. The second kappa shape index (κ2) is 4.60. The van der Waals surface area contributed by atoms with Crippen molar-refractivity contribution < 1.29 is 9.47 Å². The lowest BCUT2D eigenvalue weighted by Crippen LogP contribution is -2.21. The van der Waals surface area contributed by atoms with Crippen LogP contribution in [0.3, 0.4) is 0 Å². The van der Waals surface area contributed by atoms with E-state index in [1.807, 2.05) is 0 Å². The Labute approximate surface area is 96.6 Å². The molecule has 7 heteroatoms. The number of aromatic nitrogens is 4. The maximum atomic E-state index is 11.7. The van der Waals surface area contributed by atoms with Crippen molar-refractivity contribution in [2.24, 2.45) is 0 Å². The standard InChI is InChI=1S/C10H10N4O3/c1-16-7-3-9(13-11-5-7)14-10(15)4-8(17-2)6-12-14/h3-6H,1-2H3. The summed E-state index contributed by atoms with van der Waals surface area (Å²) in [7, 11) is 2.97. The van der Waals surface area contributed by atoms with Gasteiger partial charge in [0.25, 0.3) is 5.56 Å². The summed E-state index contributed by atoms with van der Waals surface area (Å²) in [6, 6.07) is 2.88. The molecular formula is C10H10N4O3. The molecule has 0 radical (unpaired) electrons. The first kappa shape index (κ1) is 11.1. The number of hydrogen-bond donors (Lipinski definition) is 0. The van der Waals surface area contributed by atoms with Crippen LogP contribution in [-0.2, 0) is 0 Å². The zero-order valence-corrected chi connectivity index (χ0v) is 9.32. The van der Waals surface area contributed by atoms with Crippen LogP contribution in [0.2, 0.25) is 0 Å². The zero-order valence-electron chi connectivity index (χ0n) is 9.32. The maximum absolute atomic E-state index is 11.7. The number of hydrogen-bond acceptors (Lipinski definition) is 6. The molecule has 0 amide bonds. The molecular weight excluding hydrogens is 224 g/mol. The molecule has 0 aromatic carbocycles. The van der Waals surface area contributed by atoms with Gasteiger partial charge in [-0.1, -0.05) is 0 Å². The van der Waals surface area contributed by atoms with Gasteiger partial charge in [0.1, 0.15) is 11.5 Å². The second-order valence-electron chi connectivity index (χ2n) is 3.10.